The first-order chi connectivity index (χ1) is 12.0. The Hall–Kier alpha value is -1.40. The Labute approximate surface area is 153 Å². The second-order valence-electron chi connectivity index (χ2n) is 7.26. The van der Waals surface area contributed by atoms with Crippen LogP contribution in [-0.2, 0) is 22.4 Å². The second-order valence-corrected chi connectivity index (χ2v) is 8.36. The minimum Gasteiger partial charge on any atom is -0.465 e. The molecule has 6 heteroatoms. The highest BCUT2D eigenvalue weighted by molar-refractivity contribution is 7.17. The fraction of sp³-hybridized carbons (Fsp3) is 0.684. The fourth-order valence-corrected chi connectivity index (χ4v) is 5.38. The molecule has 25 heavy (non-hydrogen) atoms. The third-order valence-electron chi connectivity index (χ3n) is 5.52. The quantitative estimate of drug-likeness (QED) is 0.829. The van der Waals surface area contributed by atoms with Gasteiger partial charge in [0.05, 0.1) is 19.2 Å². The average Bonchev–Trinajstić information content (AvgIpc) is 2.95. The minimum absolute atomic E-state index is 0.0376. The molecule has 2 aliphatic rings. The summed E-state index contributed by atoms with van der Waals surface area (Å²) in [5, 5.41) is 3.68. The van der Waals surface area contributed by atoms with Crippen LogP contribution in [0.15, 0.2) is 0 Å². The number of rotatable bonds is 4. The number of esters is 1. The molecule has 1 N–H and O–H groups in total. The lowest BCUT2D eigenvalue weighted by Gasteiger charge is -2.38. The fourth-order valence-electron chi connectivity index (χ4n) is 4.09. The maximum absolute atomic E-state index is 12.6. The van der Waals surface area contributed by atoms with Crippen molar-refractivity contribution in [3.8, 4) is 0 Å². The average molecular weight is 365 g/mol. The van der Waals surface area contributed by atoms with Gasteiger partial charge in [-0.15, -0.1) is 11.3 Å². The van der Waals surface area contributed by atoms with E-state index in [-0.39, 0.29) is 11.9 Å². The predicted octanol–water partition coefficient (Wildman–Crippen LogP) is 3.61. The van der Waals surface area contributed by atoms with Crippen LogP contribution in [0.25, 0.3) is 0 Å². The van der Waals surface area contributed by atoms with Gasteiger partial charge in [0.15, 0.2) is 0 Å². The maximum Gasteiger partial charge on any atom is 0.341 e. The van der Waals surface area contributed by atoms with Gasteiger partial charge in [0.25, 0.3) is 0 Å². The summed E-state index contributed by atoms with van der Waals surface area (Å²) in [5.41, 5.74) is 1.66. The van der Waals surface area contributed by atoms with Crippen LogP contribution in [0.1, 0.15) is 66.8 Å². The van der Waals surface area contributed by atoms with Gasteiger partial charge < -0.3 is 10.1 Å². The number of fused-ring (bicyclic) bond motifs is 1. The minimum atomic E-state index is -0.339. The summed E-state index contributed by atoms with van der Waals surface area (Å²) in [6.45, 7) is 4.75. The van der Waals surface area contributed by atoms with Gasteiger partial charge in [-0.05, 0) is 57.9 Å². The third-order valence-corrected chi connectivity index (χ3v) is 6.72. The van der Waals surface area contributed by atoms with Crippen molar-refractivity contribution in [3.63, 3.8) is 0 Å². The summed E-state index contributed by atoms with van der Waals surface area (Å²) >= 11 is 1.55. The Bertz CT molecular complexity index is 645. The Balaban J connectivity index is 1.76. The van der Waals surface area contributed by atoms with E-state index in [2.05, 4.69) is 24.1 Å². The number of ether oxygens (including phenoxy) is 1. The molecule has 138 valence electrons. The highest BCUT2D eigenvalue weighted by Gasteiger charge is 2.29. The van der Waals surface area contributed by atoms with Crippen LogP contribution in [0.5, 0.6) is 0 Å². The molecule has 1 amide bonds. The van der Waals surface area contributed by atoms with E-state index in [4.69, 9.17) is 4.74 Å². The topological polar surface area (TPSA) is 58.6 Å². The van der Waals surface area contributed by atoms with Crippen molar-refractivity contribution in [2.75, 3.05) is 19.0 Å². The molecule has 2 heterocycles. The monoisotopic (exact) mass is 364 g/mol. The van der Waals surface area contributed by atoms with Gasteiger partial charge in [0, 0.05) is 17.0 Å². The van der Waals surface area contributed by atoms with E-state index in [9.17, 15) is 9.59 Å². The number of aryl methyl sites for hydroxylation is 1. The van der Waals surface area contributed by atoms with Crippen LogP contribution in [-0.4, -0.2) is 42.5 Å². The molecule has 0 bridgehead atoms. The molecule has 3 rings (SSSR count). The first kappa shape index (κ1) is 18.4. The van der Waals surface area contributed by atoms with E-state index >= 15 is 0 Å². The van der Waals surface area contributed by atoms with E-state index in [1.807, 2.05) is 0 Å². The summed E-state index contributed by atoms with van der Waals surface area (Å²) in [6, 6.07) is 0.845. The number of likely N-dealkylation sites (tertiary alicyclic amines) is 1. The normalized spacial score (nSPS) is 23.8. The van der Waals surface area contributed by atoms with E-state index < -0.39 is 0 Å². The number of anilines is 1. The Morgan fingerprint density at radius 1 is 1.16 bits per heavy atom. The molecule has 2 atom stereocenters. The summed E-state index contributed by atoms with van der Waals surface area (Å²) in [6.07, 6.45) is 7.61. The molecule has 1 aliphatic carbocycles. The van der Waals surface area contributed by atoms with Crippen LogP contribution >= 0.6 is 11.3 Å². The van der Waals surface area contributed by atoms with Gasteiger partial charge in [-0.3, -0.25) is 9.69 Å². The maximum atomic E-state index is 12.6. The summed E-state index contributed by atoms with van der Waals surface area (Å²) in [7, 11) is 1.40. The molecule has 5 nitrogen and oxygen atoms in total. The largest absolute Gasteiger partial charge is 0.465 e. The van der Waals surface area contributed by atoms with Crippen molar-refractivity contribution >= 4 is 28.2 Å². The van der Waals surface area contributed by atoms with Crippen LogP contribution in [0.2, 0.25) is 0 Å². The number of thiophene rings is 1. The van der Waals surface area contributed by atoms with E-state index in [1.165, 1.54) is 18.4 Å². The first-order valence-corrected chi connectivity index (χ1v) is 10.1. The molecule has 1 aromatic rings. The van der Waals surface area contributed by atoms with Gasteiger partial charge >= 0.3 is 5.97 Å². The van der Waals surface area contributed by atoms with Crippen LogP contribution in [0, 0.1) is 0 Å². The van der Waals surface area contributed by atoms with Crippen molar-refractivity contribution in [1.82, 2.24) is 4.90 Å². The van der Waals surface area contributed by atoms with Crippen LogP contribution in [0.4, 0.5) is 5.00 Å². The number of amides is 1. The van der Waals surface area contributed by atoms with Crippen LogP contribution in [0.3, 0.4) is 0 Å². The molecular weight excluding hydrogens is 336 g/mol. The number of nitrogens with zero attached hydrogens (tertiary/aromatic N) is 1. The number of piperidine rings is 1. The second kappa shape index (κ2) is 7.87. The van der Waals surface area contributed by atoms with Crippen molar-refractivity contribution < 1.29 is 14.3 Å². The third kappa shape index (κ3) is 3.90. The Kier molecular flexibility index (Phi) is 5.79. The molecule has 0 saturated carbocycles. The van der Waals surface area contributed by atoms with Gasteiger partial charge in [-0.2, -0.15) is 0 Å². The smallest absolute Gasteiger partial charge is 0.341 e. The van der Waals surface area contributed by atoms with E-state index in [1.54, 1.807) is 11.3 Å². The van der Waals surface area contributed by atoms with E-state index in [0.29, 0.717) is 29.2 Å². The van der Waals surface area contributed by atoms with Crippen molar-refractivity contribution in [1.29, 1.82) is 0 Å². The zero-order valence-electron chi connectivity index (χ0n) is 15.4. The van der Waals surface area contributed by atoms with Crippen molar-refractivity contribution in [3.05, 3.63) is 16.0 Å². The molecule has 1 aromatic heterocycles. The number of methoxy groups -OCH3 is 1. The number of carbonyl (C=O) groups excluding carboxylic acids is 2. The van der Waals surface area contributed by atoms with Crippen LogP contribution < -0.4 is 5.32 Å². The highest BCUT2D eigenvalue weighted by Crippen LogP contribution is 2.38. The molecule has 0 radical (unpaired) electrons. The number of hydrogen-bond acceptors (Lipinski definition) is 5. The zero-order chi connectivity index (χ0) is 18.0. The van der Waals surface area contributed by atoms with Gasteiger partial charge in [0.2, 0.25) is 5.91 Å². The SMILES string of the molecule is COC(=O)c1c(NC(=O)CN2C(C)CCCC2C)sc2c1CCCC2. The molecule has 0 spiro atoms. The van der Waals surface area contributed by atoms with Gasteiger partial charge in [-0.25, -0.2) is 4.79 Å². The number of hydrogen-bond donors (Lipinski definition) is 1. The molecule has 2 unspecified atom stereocenters. The lowest BCUT2D eigenvalue weighted by molar-refractivity contribution is -0.118. The molecule has 1 aliphatic heterocycles. The Morgan fingerprint density at radius 2 is 1.84 bits per heavy atom. The molecule has 0 aromatic carbocycles. The highest BCUT2D eigenvalue weighted by atomic mass is 32.1. The van der Waals surface area contributed by atoms with Crippen molar-refractivity contribution in [2.45, 2.75) is 70.9 Å². The van der Waals surface area contributed by atoms with Crippen molar-refractivity contribution in [2.24, 2.45) is 0 Å². The van der Waals surface area contributed by atoms with E-state index in [0.717, 1.165) is 44.1 Å². The summed E-state index contributed by atoms with van der Waals surface area (Å²) in [5.74, 6) is -0.376. The summed E-state index contributed by atoms with van der Waals surface area (Å²) < 4.78 is 4.97. The van der Waals surface area contributed by atoms with Gasteiger partial charge in [0.1, 0.15) is 5.00 Å². The lowest BCUT2D eigenvalue weighted by Crippen LogP contribution is -2.47. The molecule has 1 fully saturated rings. The number of nitrogens with one attached hydrogen (secondary N) is 1. The molecular formula is C19H28N2O3S. The summed E-state index contributed by atoms with van der Waals surface area (Å²) in [4.78, 5) is 28.4. The standard InChI is InChI=1S/C19H28N2O3S/c1-12-7-6-8-13(2)21(12)11-16(22)20-18-17(19(23)24-3)14-9-4-5-10-15(14)25-18/h12-13H,4-11H2,1-3H3,(H,20,22). The predicted molar refractivity (Wildman–Crippen MR) is 100 cm³/mol. The van der Waals surface area contributed by atoms with Gasteiger partial charge in [-0.1, -0.05) is 6.42 Å². The number of carbonyl (C=O) groups is 2. The zero-order valence-corrected chi connectivity index (χ0v) is 16.2. The lowest BCUT2D eigenvalue weighted by atomic mass is 9.95. The Morgan fingerprint density at radius 3 is 2.52 bits per heavy atom. The first-order valence-electron chi connectivity index (χ1n) is 9.29. The molecule has 1 saturated heterocycles.